The summed E-state index contributed by atoms with van der Waals surface area (Å²) in [5, 5.41) is 2.45. The lowest BCUT2D eigenvalue weighted by molar-refractivity contribution is -0.258. The summed E-state index contributed by atoms with van der Waals surface area (Å²) in [6.45, 7) is 7.43. The number of fused-ring (bicyclic) bond motifs is 1. The molecule has 0 radical (unpaired) electrons. The van der Waals surface area contributed by atoms with Gasteiger partial charge in [-0.3, -0.25) is 4.79 Å². The molecule has 0 spiro atoms. The van der Waals surface area contributed by atoms with Gasteiger partial charge in [-0.25, -0.2) is 4.39 Å². The monoisotopic (exact) mass is 586 g/mol. The van der Waals surface area contributed by atoms with Gasteiger partial charge in [0.1, 0.15) is 11.6 Å². The predicted molar refractivity (Wildman–Crippen MR) is 166 cm³/mol. The van der Waals surface area contributed by atoms with Gasteiger partial charge in [0.25, 0.3) is 0 Å². The van der Waals surface area contributed by atoms with E-state index in [0.717, 1.165) is 24.8 Å². The van der Waals surface area contributed by atoms with E-state index < -0.39 is 20.1 Å². The number of ketones is 1. The number of ether oxygens (including phenoxy) is 2. The molecule has 42 heavy (non-hydrogen) atoms. The van der Waals surface area contributed by atoms with E-state index >= 15 is 0 Å². The van der Waals surface area contributed by atoms with Gasteiger partial charge in [0.05, 0.1) is 11.7 Å². The van der Waals surface area contributed by atoms with Crippen LogP contribution in [0.15, 0.2) is 84.9 Å². The van der Waals surface area contributed by atoms with Crippen molar-refractivity contribution >= 4 is 25.2 Å². The Hall–Kier alpha value is -2.64. The molecule has 3 aliphatic rings. The first-order chi connectivity index (χ1) is 20.2. The van der Waals surface area contributed by atoms with Crippen molar-refractivity contribution in [2.24, 2.45) is 11.3 Å². The van der Waals surface area contributed by atoms with Crippen LogP contribution in [0.4, 0.5) is 4.39 Å². The fourth-order valence-corrected chi connectivity index (χ4v) is 10.8. The van der Waals surface area contributed by atoms with E-state index in [1.807, 2.05) is 24.3 Å². The average Bonchev–Trinajstić information content (AvgIpc) is 3.44. The minimum Gasteiger partial charge on any atom is -0.405 e. The minimum absolute atomic E-state index is 0.0982. The molecule has 1 saturated heterocycles. The molecule has 4 nitrogen and oxygen atoms in total. The lowest BCUT2D eigenvalue weighted by Crippen LogP contribution is -2.59. The second-order valence-corrected chi connectivity index (χ2v) is 16.1. The van der Waals surface area contributed by atoms with Gasteiger partial charge in [-0.15, -0.1) is 0 Å². The Kier molecular flexibility index (Phi) is 8.27. The fraction of sp³-hybridized carbons (Fsp3) is 0.472. The number of carbonyl (C=O) groups is 1. The van der Waals surface area contributed by atoms with Gasteiger partial charge in [0.2, 0.25) is 9.04 Å². The van der Waals surface area contributed by atoms with Crippen LogP contribution in [0.2, 0.25) is 0 Å². The van der Waals surface area contributed by atoms with Crippen LogP contribution in [0.1, 0.15) is 71.3 Å². The second kappa shape index (κ2) is 11.8. The molecule has 6 rings (SSSR count). The summed E-state index contributed by atoms with van der Waals surface area (Å²) in [6, 6.07) is 28.0. The van der Waals surface area contributed by atoms with Gasteiger partial charge < -0.3 is 13.9 Å². The van der Waals surface area contributed by atoms with Gasteiger partial charge in [0, 0.05) is 24.9 Å². The predicted octanol–water partition coefficient (Wildman–Crippen LogP) is 6.09. The summed E-state index contributed by atoms with van der Waals surface area (Å²) in [5.41, 5.74) is -0.323. The summed E-state index contributed by atoms with van der Waals surface area (Å²) in [6.07, 6.45) is 4.73. The number of hydrogen-bond donors (Lipinski definition) is 0. The van der Waals surface area contributed by atoms with Crippen LogP contribution in [-0.4, -0.2) is 39.4 Å². The quantitative estimate of drug-likeness (QED) is 0.300. The van der Waals surface area contributed by atoms with Crippen molar-refractivity contribution in [2.45, 2.75) is 89.1 Å². The molecule has 0 bridgehead atoms. The lowest BCUT2D eigenvalue weighted by Gasteiger charge is -2.48. The molecule has 1 heterocycles. The molecule has 2 aliphatic carbocycles. The zero-order valence-corrected chi connectivity index (χ0v) is 26.2. The zero-order valence-electron chi connectivity index (χ0n) is 25.1. The summed E-state index contributed by atoms with van der Waals surface area (Å²) in [4.78, 5) is 13.1. The fourth-order valence-electron chi connectivity index (χ4n) is 8.03. The Bertz CT molecular complexity index is 1310. The number of Topliss-reactive ketones (excluding diaryl/α,β-unsaturated/α-hetero) is 1. The maximum Gasteiger partial charge on any atom is 0.240 e. The Morgan fingerprint density at radius 3 is 2.14 bits per heavy atom. The molecule has 0 N–H and O–H groups in total. The molecule has 6 heteroatoms. The molecule has 0 aromatic heterocycles. The molecule has 3 aromatic carbocycles. The van der Waals surface area contributed by atoms with Crippen molar-refractivity contribution in [2.75, 3.05) is 6.61 Å². The van der Waals surface area contributed by atoms with E-state index in [9.17, 15) is 9.18 Å². The molecule has 3 fully saturated rings. The van der Waals surface area contributed by atoms with Crippen molar-refractivity contribution in [3.63, 3.8) is 0 Å². The Balaban J connectivity index is 1.46. The topological polar surface area (TPSA) is 44.8 Å². The van der Waals surface area contributed by atoms with Gasteiger partial charge in [0.15, 0.2) is 6.29 Å². The molecule has 5 atom stereocenters. The maximum absolute atomic E-state index is 14.1. The summed E-state index contributed by atoms with van der Waals surface area (Å²) in [5.74, 6) is 0.115. The normalized spacial score (nSPS) is 28.6. The first kappa shape index (κ1) is 29.4. The van der Waals surface area contributed by atoms with Crippen LogP contribution in [-0.2, 0) is 24.1 Å². The van der Waals surface area contributed by atoms with Crippen molar-refractivity contribution in [3.8, 4) is 0 Å². The van der Waals surface area contributed by atoms with Crippen LogP contribution in [0.5, 0.6) is 0 Å². The van der Waals surface area contributed by atoms with Gasteiger partial charge in [-0.05, 0) is 71.5 Å². The molecule has 222 valence electrons. The number of benzene rings is 3. The number of hydrogen-bond acceptors (Lipinski definition) is 4. The van der Waals surface area contributed by atoms with Crippen LogP contribution < -0.4 is 10.4 Å². The molecular formula is C36H43FO4Si. The van der Waals surface area contributed by atoms with E-state index in [2.05, 4.69) is 69.3 Å². The molecule has 2 saturated carbocycles. The van der Waals surface area contributed by atoms with E-state index in [1.165, 1.54) is 22.5 Å². The standard InChI is InChI=1S/C36H43FO4Si/c1-34(2,3)33(41-42(30-12-6-4-7-13-30)31-14-8-5-9-15-31)36(40-32-16-10-11-21-39-32)23-27-22-29(38)24-35(27,25-36)26-17-19-28(37)20-18-26/h4-9,12-15,17-20,27,32-33,42H,10-11,16,21-25H2,1-3H3/t27-,32?,33?,35-,36+/m0/s1. The SMILES string of the molecule is CC(C)(C)C(O[SiH](c1ccccc1)c1ccccc1)[C@@]1(OC2CCCCO2)C[C@@H]2CC(=O)C[C@@]2(c2ccc(F)cc2)C1. The second-order valence-electron chi connectivity index (χ2n) is 13.7. The van der Waals surface area contributed by atoms with Gasteiger partial charge >= 0.3 is 0 Å². The number of carbonyl (C=O) groups excluding carboxylic acids is 1. The summed E-state index contributed by atoms with van der Waals surface area (Å²) >= 11 is 0. The van der Waals surface area contributed by atoms with Crippen LogP contribution in [0.3, 0.4) is 0 Å². The van der Waals surface area contributed by atoms with E-state index in [4.69, 9.17) is 13.9 Å². The Morgan fingerprint density at radius 2 is 1.57 bits per heavy atom. The van der Waals surface area contributed by atoms with Crippen molar-refractivity contribution < 1.29 is 23.1 Å². The van der Waals surface area contributed by atoms with Crippen LogP contribution in [0, 0.1) is 17.2 Å². The highest BCUT2D eigenvalue weighted by atomic mass is 28.3. The first-order valence-corrected chi connectivity index (χ1v) is 17.1. The zero-order chi connectivity index (χ0) is 29.4. The number of rotatable bonds is 8. The molecule has 0 amide bonds. The lowest BCUT2D eigenvalue weighted by atomic mass is 9.71. The highest BCUT2D eigenvalue weighted by molar-refractivity contribution is 6.80. The van der Waals surface area contributed by atoms with Gasteiger partial charge in [-0.2, -0.15) is 0 Å². The first-order valence-electron chi connectivity index (χ1n) is 15.5. The largest absolute Gasteiger partial charge is 0.405 e. The van der Waals surface area contributed by atoms with E-state index in [1.54, 1.807) is 0 Å². The van der Waals surface area contributed by atoms with Crippen LogP contribution >= 0.6 is 0 Å². The highest BCUT2D eigenvalue weighted by Gasteiger charge is 2.65. The number of halogens is 1. The smallest absolute Gasteiger partial charge is 0.240 e. The van der Waals surface area contributed by atoms with Crippen molar-refractivity contribution in [1.29, 1.82) is 0 Å². The average molecular weight is 587 g/mol. The highest BCUT2D eigenvalue weighted by Crippen LogP contribution is 2.62. The third-order valence-electron chi connectivity index (χ3n) is 9.64. The Labute approximate surface area is 251 Å². The van der Waals surface area contributed by atoms with E-state index in [0.29, 0.717) is 32.3 Å². The molecule has 3 aromatic rings. The summed E-state index contributed by atoms with van der Waals surface area (Å²) in [7, 11) is -2.15. The van der Waals surface area contributed by atoms with Gasteiger partial charge in [-0.1, -0.05) is 93.6 Å². The van der Waals surface area contributed by atoms with E-state index in [-0.39, 0.29) is 35.3 Å². The Morgan fingerprint density at radius 1 is 0.929 bits per heavy atom. The van der Waals surface area contributed by atoms with Crippen molar-refractivity contribution in [3.05, 3.63) is 96.3 Å². The van der Waals surface area contributed by atoms with Crippen molar-refractivity contribution in [1.82, 2.24) is 0 Å². The molecular weight excluding hydrogens is 543 g/mol. The molecule has 1 aliphatic heterocycles. The third-order valence-corrected chi connectivity index (χ3v) is 12.2. The summed E-state index contributed by atoms with van der Waals surface area (Å²) < 4.78 is 35.1. The minimum atomic E-state index is -2.15. The third kappa shape index (κ3) is 5.79. The maximum atomic E-state index is 14.1. The van der Waals surface area contributed by atoms with Crippen LogP contribution in [0.25, 0.3) is 0 Å². The molecule has 2 unspecified atom stereocenters.